The Balaban J connectivity index is 1.74. The van der Waals surface area contributed by atoms with E-state index in [4.69, 9.17) is 0 Å². The Morgan fingerprint density at radius 3 is 2.42 bits per heavy atom. The molecule has 2 N–H and O–H groups in total. The number of benzene rings is 1. The number of hydrogen-bond donors (Lipinski definition) is 2. The van der Waals surface area contributed by atoms with E-state index in [1.165, 1.54) is 28.8 Å². The number of nitrogens with zero attached hydrogens (tertiary/aromatic N) is 1. The van der Waals surface area contributed by atoms with E-state index in [0.29, 0.717) is 5.75 Å². The number of thioether (sulfide) groups is 1. The maximum atomic E-state index is 12.7. The summed E-state index contributed by atoms with van der Waals surface area (Å²) in [6, 6.07) is 6.17. The lowest BCUT2D eigenvalue weighted by Crippen LogP contribution is -2.31. The van der Waals surface area contributed by atoms with Crippen LogP contribution in [0.4, 0.5) is 4.39 Å². The minimum Gasteiger partial charge on any atom is -0.388 e. The lowest BCUT2D eigenvalue weighted by Gasteiger charge is -2.14. The molecule has 2 unspecified atom stereocenters. The van der Waals surface area contributed by atoms with Gasteiger partial charge in [-0.15, -0.1) is 11.8 Å². The van der Waals surface area contributed by atoms with Gasteiger partial charge in [0.2, 0.25) is 5.91 Å². The number of hydrogen-bond acceptors (Lipinski definition) is 4. The number of β-amino-alcohol motifs (C(OH)–C–C–N with tert-alkyl or cyclic N) is 2. The predicted octanol–water partition coefficient (Wildman–Crippen LogP) is 0.623. The zero-order valence-corrected chi connectivity index (χ0v) is 11.1. The van der Waals surface area contributed by atoms with E-state index in [2.05, 4.69) is 0 Å². The highest BCUT2D eigenvalue weighted by Gasteiger charge is 2.32. The molecule has 0 aromatic heterocycles. The largest absolute Gasteiger partial charge is 0.388 e. The van der Waals surface area contributed by atoms with Gasteiger partial charge in [-0.25, -0.2) is 4.39 Å². The fourth-order valence-corrected chi connectivity index (χ4v) is 2.79. The van der Waals surface area contributed by atoms with Gasteiger partial charge in [-0.1, -0.05) is 12.1 Å². The van der Waals surface area contributed by atoms with E-state index in [9.17, 15) is 19.4 Å². The summed E-state index contributed by atoms with van der Waals surface area (Å²) < 4.78 is 12.7. The molecular weight excluding hydrogens is 269 g/mol. The number of rotatable bonds is 4. The topological polar surface area (TPSA) is 60.8 Å². The first-order chi connectivity index (χ1) is 9.06. The van der Waals surface area contributed by atoms with Crippen LogP contribution in [0.25, 0.3) is 0 Å². The first-order valence-corrected chi connectivity index (χ1v) is 7.18. The van der Waals surface area contributed by atoms with Crippen LogP contribution in [0.5, 0.6) is 0 Å². The smallest absolute Gasteiger partial charge is 0.232 e. The van der Waals surface area contributed by atoms with Crippen LogP contribution in [0.2, 0.25) is 0 Å². The minimum atomic E-state index is -0.842. The van der Waals surface area contributed by atoms with Crippen LogP contribution in [-0.2, 0) is 10.5 Å². The monoisotopic (exact) mass is 285 g/mol. The number of amides is 1. The first kappa shape index (κ1) is 14.3. The number of carbonyl (C=O) groups is 1. The molecule has 0 radical (unpaired) electrons. The summed E-state index contributed by atoms with van der Waals surface area (Å²) in [7, 11) is 0. The van der Waals surface area contributed by atoms with Crippen molar-refractivity contribution in [1.82, 2.24) is 4.90 Å². The molecule has 2 atom stereocenters. The average Bonchev–Trinajstić information content (AvgIpc) is 2.72. The van der Waals surface area contributed by atoms with E-state index >= 15 is 0 Å². The van der Waals surface area contributed by atoms with Gasteiger partial charge in [0.1, 0.15) is 5.82 Å². The second-order valence-corrected chi connectivity index (χ2v) is 5.54. The second-order valence-electron chi connectivity index (χ2n) is 4.55. The number of carbonyl (C=O) groups excluding carboxylic acids is 1. The van der Waals surface area contributed by atoms with Gasteiger partial charge in [0, 0.05) is 18.8 Å². The van der Waals surface area contributed by atoms with Crippen molar-refractivity contribution >= 4 is 17.7 Å². The molecule has 0 aliphatic carbocycles. The Labute approximate surface area is 115 Å². The van der Waals surface area contributed by atoms with Gasteiger partial charge in [0.25, 0.3) is 0 Å². The van der Waals surface area contributed by atoms with Crippen LogP contribution in [0.15, 0.2) is 24.3 Å². The minimum absolute atomic E-state index is 0.0947. The summed E-state index contributed by atoms with van der Waals surface area (Å²) in [5.41, 5.74) is 0.959. The van der Waals surface area contributed by atoms with Gasteiger partial charge in [-0.3, -0.25) is 4.79 Å². The number of aliphatic hydroxyl groups excluding tert-OH is 2. The Morgan fingerprint density at radius 1 is 1.26 bits per heavy atom. The highest BCUT2D eigenvalue weighted by atomic mass is 32.2. The summed E-state index contributed by atoms with van der Waals surface area (Å²) in [5, 5.41) is 18.7. The van der Waals surface area contributed by atoms with E-state index in [-0.39, 0.29) is 30.6 Å². The van der Waals surface area contributed by atoms with Gasteiger partial charge < -0.3 is 15.1 Å². The molecular formula is C13H16FNO3S. The van der Waals surface area contributed by atoms with Crippen molar-refractivity contribution < 1.29 is 19.4 Å². The van der Waals surface area contributed by atoms with Gasteiger partial charge in [-0.2, -0.15) is 0 Å². The second kappa shape index (κ2) is 6.36. The third-order valence-electron chi connectivity index (χ3n) is 3.02. The van der Waals surface area contributed by atoms with Gasteiger partial charge in [0.05, 0.1) is 18.0 Å². The predicted molar refractivity (Wildman–Crippen MR) is 71.2 cm³/mol. The lowest BCUT2D eigenvalue weighted by atomic mass is 10.2. The summed E-state index contributed by atoms with van der Waals surface area (Å²) in [5.74, 6) is 0.550. The number of likely N-dealkylation sites (tertiary alicyclic amines) is 1. The molecule has 1 heterocycles. The van der Waals surface area contributed by atoms with Crippen LogP contribution >= 0.6 is 11.8 Å². The summed E-state index contributed by atoms with van der Waals surface area (Å²) in [4.78, 5) is 13.3. The fourth-order valence-electron chi connectivity index (χ4n) is 1.90. The van der Waals surface area contributed by atoms with E-state index in [1.807, 2.05) is 0 Å². The molecule has 104 valence electrons. The molecule has 1 aromatic carbocycles. The SMILES string of the molecule is O=C(CSCc1ccc(F)cc1)N1CC(O)C(O)C1. The molecule has 1 aliphatic heterocycles. The first-order valence-electron chi connectivity index (χ1n) is 6.02. The Morgan fingerprint density at radius 2 is 1.84 bits per heavy atom. The van der Waals surface area contributed by atoms with Crippen LogP contribution in [0, 0.1) is 5.82 Å². The molecule has 2 rings (SSSR count). The van der Waals surface area contributed by atoms with E-state index < -0.39 is 12.2 Å². The van der Waals surface area contributed by atoms with Crippen molar-refractivity contribution in [3.05, 3.63) is 35.6 Å². The van der Waals surface area contributed by atoms with Crippen molar-refractivity contribution in [3.8, 4) is 0 Å². The maximum absolute atomic E-state index is 12.7. The van der Waals surface area contributed by atoms with E-state index in [0.717, 1.165) is 5.56 Å². The molecule has 1 aliphatic rings. The number of aliphatic hydroxyl groups is 2. The van der Waals surface area contributed by atoms with Gasteiger partial charge in [0.15, 0.2) is 0 Å². The van der Waals surface area contributed by atoms with Crippen LogP contribution in [-0.4, -0.2) is 52.1 Å². The van der Waals surface area contributed by atoms with Crippen LogP contribution < -0.4 is 0 Å². The summed E-state index contributed by atoms with van der Waals surface area (Å²) >= 11 is 1.43. The Bertz CT molecular complexity index is 430. The third-order valence-corrected chi connectivity index (χ3v) is 4.01. The highest BCUT2D eigenvalue weighted by molar-refractivity contribution is 7.99. The molecule has 1 saturated heterocycles. The zero-order valence-electron chi connectivity index (χ0n) is 10.3. The Kier molecular flexibility index (Phi) is 4.79. The zero-order chi connectivity index (χ0) is 13.8. The van der Waals surface area contributed by atoms with Gasteiger partial charge in [-0.05, 0) is 17.7 Å². The fraction of sp³-hybridized carbons (Fsp3) is 0.462. The van der Waals surface area contributed by atoms with Crippen molar-refractivity contribution in [1.29, 1.82) is 0 Å². The summed E-state index contributed by atoms with van der Waals surface area (Å²) in [6.07, 6.45) is -1.68. The molecule has 1 aromatic rings. The van der Waals surface area contributed by atoms with Crippen molar-refractivity contribution in [2.24, 2.45) is 0 Å². The van der Waals surface area contributed by atoms with E-state index in [1.54, 1.807) is 12.1 Å². The molecule has 6 heteroatoms. The summed E-state index contributed by atoms with van der Waals surface area (Å²) in [6.45, 7) is 0.383. The van der Waals surface area contributed by atoms with Crippen molar-refractivity contribution in [2.45, 2.75) is 18.0 Å². The molecule has 4 nitrogen and oxygen atoms in total. The van der Waals surface area contributed by atoms with Crippen LogP contribution in [0.1, 0.15) is 5.56 Å². The molecule has 1 amide bonds. The standard InChI is InChI=1S/C13H16FNO3S/c14-10-3-1-9(2-4-10)7-19-8-13(18)15-5-11(16)12(17)6-15/h1-4,11-12,16-17H,5-8H2. The van der Waals surface area contributed by atoms with Gasteiger partial charge >= 0.3 is 0 Å². The van der Waals surface area contributed by atoms with Crippen molar-refractivity contribution in [2.75, 3.05) is 18.8 Å². The molecule has 19 heavy (non-hydrogen) atoms. The normalized spacial score (nSPS) is 22.8. The molecule has 0 saturated carbocycles. The third kappa shape index (κ3) is 3.92. The quantitative estimate of drug-likeness (QED) is 0.851. The molecule has 0 bridgehead atoms. The van der Waals surface area contributed by atoms with Crippen molar-refractivity contribution in [3.63, 3.8) is 0 Å². The number of halogens is 1. The molecule has 1 fully saturated rings. The Hall–Kier alpha value is -1.11. The average molecular weight is 285 g/mol. The lowest BCUT2D eigenvalue weighted by molar-refractivity contribution is -0.127. The van der Waals surface area contributed by atoms with Crippen LogP contribution in [0.3, 0.4) is 0 Å². The highest BCUT2D eigenvalue weighted by Crippen LogP contribution is 2.16. The molecule has 0 spiro atoms. The maximum Gasteiger partial charge on any atom is 0.232 e.